The zero-order valence-electron chi connectivity index (χ0n) is 50.0. The van der Waals surface area contributed by atoms with E-state index in [4.69, 9.17) is 9.72 Å². The van der Waals surface area contributed by atoms with Crippen molar-refractivity contribution in [1.82, 2.24) is 9.55 Å². The summed E-state index contributed by atoms with van der Waals surface area (Å²) in [5.74, 6) is 2.04. The van der Waals surface area contributed by atoms with E-state index >= 15 is 0 Å². The van der Waals surface area contributed by atoms with Crippen molar-refractivity contribution in [2.45, 2.75) is 132 Å². The van der Waals surface area contributed by atoms with Crippen LogP contribution in [0.25, 0.3) is 61.0 Å². The Morgan fingerprint density at radius 2 is 1.05 bits per heavy atom. The first-order chi connectivity index (χ1) is 37.8. The average molecular weight is 1250 g/mol. The minimum atomic E-state index is -0.139. The number of anilines is 4. The number of ether oxygens (including phenoxy) is 1. The van der Waals surface area contributed by atoms with E-state index in [1.165, 1.54) is 50.1 Å². The SMILES string of the molecule is CC(C)(C)Cc1ccc2c(c1)N(c1[c-]c(Oc3[c-]c4c(cc3)c3ccccc3n4-c3cc(C(C)(C)C)ccn3)ccc1)[CH-]N2c1c(-c2ccc(-c3cccc(C(C)(C)C)c3)cc2)cc(C(C)(C)C)cc1-c1cccc(C(C)(C)C)c1.[Pt]. The van der Waals surface area contributed by atoms with Crippen LogP contribution in [0.15, 0.2) is 176 Å². The summed E-state index contributed by atoms with van der Waals surface area (Å²) < 4.78 is 9.05. The van der Waals surface area contributed by atoms with Gasteiger partial charge in [0.05, 0.1) is 0 Å². The van der Waals surface area contributed by atoms with E-state index < -0.39 is 0 Å². The molecule has 0 atom stereocenters. The number of pyridine rings is 1. The summed E-state index contributed by atoms with van der Waals surface area (Å²) in [5.41, 5.74) is 19.5. The van der Waals surface area contributed by atoms with Crippen LogP contribution in [0.2, 0.25) is 0 Å². The van der Waals surface area contributed by atoms with Crippen molar-refractivity contribution in [2.75, 3.05) is 9.80 Å². The van der Waals surface area contributed by atoms with Crippen LogP contribution in [-0.4, -0.2) is 9.55 Å². The summed E-state index contributed by atoms with van der Waals surface area (Å²) >= 11 is 0. The molecule has 0 unspecified atom stereocenters. The maximum absolute atomic E-state index is 6.84. The largest absolute Gasteiger partial charge is 0.509 e. The van der Waals surface area contributed by atoms with E-state index in [1.807, 2.05) is 18.3 Å². The molecule has 5 nitrogen and oxygen atoms in total. The molecule has 10 aromatic rings. The van der Waals surface area contributed by atoms with Crippen molar-refractivity contribution in [3.8, 4) is 50.7 Å². The number of fused-ring (bicyclic) bond motifs is 4. The number of benzene rings is 8. The summed E-state index contributed by atoms with van der Waals surface area (Å²) in [6, 6.07) is 70.0. The zero-order valence-corrected chi connectivity index (χ0v) is 52.3. The molecule has 1 aliphatic heterocycles. The fourth-order valence-corrected chi connectivity index (χ4v) is 11.2. The van der Waals surface area contributed by atoms with E-state index in [9.17, 15) is 0 Å². The maximum Gasteiger partial charge on any atom is 0.135 e. The number of hydrogen-bond acceptors (Lipinski definition) is 4. The van der Waals surface area contributed by atoms with Crippen molar-refractivity contribution in [2.24, 2.45) is 5.41 Å². The normalized spacial score (nSPS) is 13.2. The Morgan fingerprint density at radius 3 is 1.72 bits per heavy atom. The van der Waals surface area contributed by atoms with Crippen LogP contribution >= 0.6 is 0 Å². The van der Waals surface area contributed by atoms with Gasteiger partial charge in [0.25, 0.3) is 0 Å². The summed E-state index contributed by atoms with van der Waals surface area (Å²) in [5, 5.41) is 2.23. The minimum absolute atomic E-state index is 0. The molecular weight excluding hydrogens is 1170 g/mol. The summed E-state index contributed by atoms with van der Waals surface area (Å²) in [6.07, 6.45) is 2.84. The van der Waals surface area contributed by atoms with Crippen LogP contribution in [-0.2, 0) is 49.1 Å². The van der Waals surface area contributed by atoms with E-state index in [2.05, 4.69) is 295 Å². The van der Waals surface area contributed by atoms with Crippen LogP contribution in [0.1, 0.15) is 132 Å². The van der Waals surface area contributed by atoms with Gasteiger partial charge in [-0.2, -0.15) is 12.1 Å². The van der Waals surface area contributed by atoms with Gasteiger partial charge < -0.3 is 19.1 Å². The molecule has 0 spiro atoms. The number of para-hydroxylation sites is 1. The molecular formula is C75H77N4OPt-3. The van der Waals surface area contributed by atoms with Crippen LogP contribution in [0.5, 0.6) is 11.5 Å². The van der Waals surface area contributed by atoms with Crippen molar-refractivity contribution in [3.63, 3.8) is 0 Å². The first kappa shape index (κ1) is 57.0. The summed E-state index contributed by atoms with van der Waals surface area (Å²) in [7, 11) is 0. The van der Waals surface area contributed by atoms with Crippen LogP contribution in [0.3, 0.4) is 0 Å². The molecule has 0 radical (unpaired) electrons. The second kappa shape index (κ2) is 21.3. The van der Waals surface area contributed by atoms with Crippen LogP contribution < -0.4 is 14.5 Å². The molecule has 8 aromatic carbocycles. The Hall–Kier alpha value is -7.20. The molecule has 0 aliphatic carbocycles. The molecule has 0 saturated carbocycles. The van der Waals surface area contributed by atoms with Gasteiger partial charge in [-0.05, 0) is 131 Å². The number of aromatic nitrogens is 2. The molecule has 1 aliphatic rings. The molecule has 11 rings (SSSR count). The zero-order chi connectivity index (χ0) is 56.7. The predicted molar refractivity (Wildman–Crippen MR) is 338 cm³/mol. The van der Waals surface area contributed by atoms with Gasteiger partial charge in [0.15, 0.2) is 0 Å². The first-order valence-corrected chi connectivity index (χ1v) is 28.5. The third kappa shape index (κ3) is 11.7. The smallest absolute Gasteiger partial charge is 0.135 e. The van der Waals surface area contributed by atoms with Crippen molar-refractivity contribution in [1.29, 1.82) is 0 Å². The third-order valence-electron chi connectivity index (χ3n) is 15.7. The van der Waals surface area contributed by atoms with E-state index in [-0.39, 0.29) is 48.1 Å². The number of nitrogens with zero attached hydrogens (tertiary/aromatic N) is 4. The molecule has 2 aromatic heterocycles. The Morgan fingerprint density at radius 1 is 0.457 bits per heavy atom. The maximum atomic E-state index is 6.84. The van der Waals surface area contributed by atoms with Crippen LogP contribution in [0.4, 0.5) is 22.7 Å². The minimum Gasteiger partial charge on any atom is -0.509 e. The van der Waals surface area contributed by atoms with Gasteiger partial charge in [0.1, 0.15) is 5.82 Å². The quantitative estimate of drug-likeness (QED) is 0.135. The van der Waals surface area contributed by atoms with Gasteiger partial charge in [-0.25, -0.2) is 4.98 Å². The molecule has 0 fully saturated rings. The second-order valence-corrected chi connectivity index (χ2v) is 27.4. The van der Waals surface area contributed by atoms with Gasteiger partial charge in [0, 0.05) is 72.5 Å². The molecule has 0 N–H and O–H groups in total. The van der Waals surface area contributed by atoms with Gasteiger partial charge in [-0.3, -0.25) is 0 Å². The van der Waals surface area contributed by atoms with Gasteiger partial charge in [-0.1, -0.05) is 206 Å². The van der Waals surface area contributed by atoms with Crippen molar-refractivity contribution in [3.05, 3.63) is 223 Å². The number of rotatable bonds is 9. The van der Waals surface area contributed by atoms with Crippen LogP contribution in [0, 0.1) is 24.2 Å². The Kier molecular flexibility index (Phi) is 15.0. The van der Waals surface area contributed by atoms with Crippen molar-refractivity contribution < 1.29 is 25.8 Å². The molecule has 81 heavy (non-hydrogen) atoms. The molecule has 0 bridgehead atoms. The van der Waals surface area contributed by atoms with Gasteiger partial charge in [0.2, 0.25) is 0 Å². The summed E-state index contributed by atoms with van der Waals surface area (Å²) in [4.78, 5) is 9.65. The Labute approximate surface area is 497 Å². The molecule has 0 amide bonds. The number of hydrogen-bond donors (Lipinski definition) is 0. The van der Waals surface area contributed by atoms with Crippen molar-refractivity contribution >= 4 is 44.6 Å². The van der Waals surface area contributed by atoms with E-state index in [0.29, 0.717) is 11.5 Å². The van der Waals surface area contributed by atoms with Gasteiger partial charge in [-0.15, -0.1) is 48.1 Å². The van der Waals surface area contributed by atoms with Gasteiger partial charge >= 0.3 is 0 Å². The summed E-state index contributed by atoms with van der Waals surface area (Å²) in [6.45, 7) is 36.6. The monoisotopic (exact) mass is 1240 g/mol. The third-order valence-corrected chi connectivity index (χ3v) is 15.7. The Balaban J connectivity index is 0.00000736. The average Bonchev–Trinajstić information content (AvgIpc) is 3.95. The van der Waals surface area contributed by atoms with E-state index in [1.54, 1.807) is 0 Å². The molecule has 6 heteroatoms. The molecule has 3 heterocycles. The molecule has 416 valence electrons. The first-order valence-electron chi connectivity index (χ1n) is 28.5. The molecule has 0 saturated heterocycles. The standard InChI is InChI=1S/C75H77N4O.Pt/c1-71(2,3)47-49-29-36-66-68(39-49)77(58-25-20-26-59(45-58)80-60-34-35-62-61-27-16-17-28-65(61)79(67(62)46-60)69-44-56(37-38-76-69)74(10,11)12)48-78(66)70-63(51-32-30-50(31-33-51)52-21-18-23-54(40-52)72(4,5)6)42-57(75(13,14)15)43-64(70)53-22-19-24-55(41-53)73(7,8)9;/h16-44,48H,47H2,1-15H3;/q-3;. The fraction of sp³-hybridized carbons (Fsp3) is 0.280. The topological polar surface area (TPSA) is 33.5 Å². The predicted octanol–water partition coefficient (Wildman–Crippen LogP) is 20.8. The van der Waals surface area contributed by atoms with E-state index in [0.717, 1.165) is 67.9 Å². The fourth-order valence-electron chi connectivity index (χ4n) is 11.2. The second-order valence-electron chi connectivity index (χ2n) is 27.4. The Bertz CT molecular complexity index is 3960.